The zero-order valence-electron chi connectivity index (χ0n) is 12.4. The molecule has 1 atom stereocenters. The molecule has 0 amide bonds. The van der Waals surface area contributed by atoms with Crippen molar-refractivity contribution in [2.45, 2.75) is 71.3 Å². The fraction of sp³-hybridized carbons (Fsp3) is 0.765. The number of fused-ring (bicyclic) bond motifs is 1. The second-order valence-corrected chi connectivity index (χ2v) is 7.78. The number of hydrogen-bond acceptors (Lipinski definition) is 2. The van der Waals surface area contributed by atoms with Gasteiger partial charge in [-0.3, -0.25) is 0 Å². The number of thiophene rings is 1. The Kier molecular flexibility index (Phi) is 4.00. The monoisotopic (exact) mass is 277 g/mol. The van der Waals surface area contributed by atoms with E-state index in [1.807, 2.05) is 0 Å². The molecule has 1 saturated carbocycles. The number of hydrogen-bond donors (Lipinski definition) is 1. The molecule has 0 bridgehead atoms. The van der Waals surface area contributed by atoms with E-state index in [9.17, 15) is 0 Å². The normalized spacial score (nSPS) is 22.6. The van der Waals surface area contributed by atoms with Crippen LogP contribution in [0.25, 0.3) is 0 Å². The van der Waals surface area contributed by atoms with Crippen molar-refractivity contribution in [2.75, 3.05) is 6.54 Å². The molecule has 1 N–H and O–H groups in total. The maximum absolute atomic E-state index is 3.81. The molecule has 1 aromatic heterocycles. The van der Waals surface area contributed by atoms with Crippen LogP contribution in [-0.4, -0.2) is 6.54 Å². The lowest BCUT2D eigenvalue weighted by Crippen LogP contribution is -2.40. The van der Waals surface area contributed by atoms with E-state index in [0.29, 0.717) is 11.5 Å². The lowest BCUT2D eigenvalue weighted by atomic mass is 9.67. The third kappa shape index (κ3) is 2.75. The summed E-state index contributed by atoms with van der Waals surface area (Å²) in [6.07, 6.45) is 11.1. The molecule has 1 nitrogen and oxygen atoms in total. The topological polar surface area (TPSA) is 12.0 Å². The lowest BCUT2D eigenvalue weighted by molar-refractivity contribution is 0.120. The van der Waals surface area contributed by atoms with Gasteiger partial charge in [-0.15, -0.1) is 11.3 Å². The maximum Gasteiger partial charge on any atom is 0.0386 e. The van der Waals surface area contributed by atoms with Crippen LogP contribution in [0.1, 0.15) is 73.7 Å². The average molecular weight is 277 g/mol. The van der Waals surface area contributed by atoms with Gasteiger partial charge < -0.3 is 5.32 Å². The van der Waals surface area contributed by atoms with Gasteiger partial charge in [0.05, 0.1) is 0 Å². The molecule has 2 aliphatic rings. The van der Waals surface area contributed by atoms with Gasteiger partial charge in [0.25, 0.3) is 0 Å². The minimum atomic E-state index is 0.541. The van der Waals surface area contributed by atoms with Crippen LogP contribution >= 0.6 is 11.3 Å². The molecule has 0 saturated heterocycles. The maximum atomic E-state index is 3.81. The van der Waals surface area contributed by atoms with E-state index in [0.717, 1.165) is 0 Å². The Labute approximate surface area is 121 Å². The lowest BCUT2D eigenvalue weighted by Gasteiger charge is -2.42. The van der Waals surface area contributed by atoms with Crippen LogP contribution in [0.5, 0.6) is 0 Å². The minimum Gasteiger partial charge on any atom is -0.309 e. The zero-order valence-corrected chi connectivity index (χ0v) is 13.2. The van der Waals surface area contributed by atoms with Crippen molar-refractivity contribution < 1.29 is 0 Å². The number of nitrogens with one attached hydrogen (secondary N) is 1. The molecule has 2 aliphatic carbocycles. The predicted molar refractivity (Wildman–Crippen MR) is 84.0 cm³/mol. The fourth-order valence-corrected chi connectivity index (χ4v) is 4.81. The summed E-state index contributed by atoms with van der Waals surface area (Å²) in [5.41, 5.74) is 2.28. The summed E-state index contributed by atoms with van der Waals surface area (Å²) in [5.74, 6) is 0. The smallest absolute Gasteiger partial charge is 0.0386 e. The highest BCUT2D eigenvalue weighted by molar-refractivity contribution is 7.12. The predicted octanol–water partition coefficient (Wildman–Crippen LogP) is 4.86. The molecular formula is C17H27NS. The SMILES string of the molecule is CCC1(CNC(C)c2cc3c(s2)CCCC3)CCC1. The van der Waals surface area contributed by atoms with Gasteiger partial charge in [0.1, 0.15) is 0 Å². The molecule has 1 aromatic rings. The Morgan fingerprint density at radius 3 is 2.68 bits per heavy atom. The van der Waals surface area contributed by atoms with Gasteiger partial charge in [-0.25, -0.2) is 0 Å². The Bertz CT molecular complexity index is 401. The number of rotatable bonds is 5. The van der Waals surface area contributed by atoms with Crippen LogP contribution in [-0.2, 0) is 12.8 Å². The molecule has 1 fully saturated rings. The second-order valence-electron chi connectivity index (χ2n) is 6.61. The van der Waals surface area contributed by atoms with Crippen molar-refractivity contribution in [1.82, 2.24) is 5.32 Å². The first-order chi connectivity index (χ1) is 9.22. The summed E-state index contributed by atoms with van der Waals surface area (Å²) in [6, 6.07) is 3.02. The van der Waals surface area contributed by atoms with Gasteiger partial charge in [0.2, 0.25) is 0 Å². The van der Waals surface area contributed by atoms with Crippen molar-refractivity contribution in [3.8, 4) is 0 Å². The van der Waals surface area contributed by atoms with Crippen LogP contribution in [0.2, 0.25) is 0 Å². The zero-order chi connectivity index (χ0) is 13.3. The molecule has 19 heavy (non-hydrogen) atoms. The highest BCUT2D eigenvalue weighted by Crippen LogP contribution is 2.43. The van der Waals surface area contributed by atoms with Crippen LogP contribution in [0.3, 0.4) is 0 Å². The molecule has 1 unspecified atom stereocenters. The molecule has 3 rings (SSSR count). The summed E-state index contributed by atoms with van der Waals surface area (Å²) < 4.78 is 0. The molecule has 1 heterocycles. The van der Waals surface area contributed by atoms with Crippen LogP contribution < -0.4 is 5.32 Å². The third-order valence-electron chi connectivity index (χ3n) is 5.39. The second kappa shape index (κ2) is 5.57. The van der Waals surface area contributed by atoms with E-state index >= 15 is 0 Å². The van der Waals surface area contributed by atoms with Crippen LogP contribution in [0, 0.1) is 5.41 Å². The summed E-state index contributed by atoms with van der Waals surface area (Å²) >= 11 is 2.06. The largest absolute Gasteiger partial charge is 0.309 e. The number of aryl methyl sites for hydroxylation is 2. The van der Waals surface area contributed by atoms with E-state index in [2.05, 4.69) is 36.6 Å². The first-order valence-electron chi connectivity index (χ1n) is 8.07. The highest BCUT2D eigenvalue weighted by atomic mass is 32.1. The first-order valence-corrected chi connectivity index (χ1v) is 8.89. The van der Waals surface area contributed by atoms with E-state index in [1.165, 1.54) is 57.9 Å². The molecule has 106 valence electrons. The van der Waals surface area contributed by atoms with Crippen LogP contribution in [0.15, 0.2) is 6.07 Å². The Morgan fingerprint density at radius 2 is 2.05 bits per heavy atom. The fourth-order valence-electron chi connectivity index (χ4n) is 3.53. The molecule has 0 aliphatic heterocycles. The first kappa shape index (κ1) is 13.6. The summed E-state index contributed by atoms with van der Waals surface area (Å²) in [4.78, 5) is 3.24. The quantitative estimate of drug-likeness (QED) is 0.810. The van der Waals surface area contributed by atoms with E-state index < -0.39 is 0 Å². The highest BCUT2D eigenvalue weighted by Gasteiger charge is 2.35. The Hall–Kier alpha value is -0.340. The molecule has 0 spiro atoms. The average Bonchev–Trinajstić information content (AvgIpc) is 2.81. The summed E-state index contributed by atoms with van der Waals surface area (Å²) in [7, 11) is 0. The van der Waals surface area contributed by atoms with Gasteiger partial charge in [-0.1, -0.05) is 13.3 Å². The van der Waals surface area contributed by atoms with Crippen LogP contribution in [0.4, 0.5) is 0 Å². The van der Waals surface area contributed by atoms with Gasteiger partial charge >= 0.3 is 0 Å². The molecule has 2 heteroatoms. The van der Waals surface area contributed by atoms with Crippen molar-refractivity contribution in [3.63, 3.8) is 0 Å². The van der Waals surface area contributed by atoms with Crippen molar-refractivity contribution in [2.24, 2.45) is 5.41 Å². The Morgan fingerprint density at radius 1 is 1.26 bits per heavy atom. The van der Waals surface area contributed by atoms with Gasteiger partial charge in [-0.2, -0.15) is 0 Å². The van der Waals surface area contributed by atoms with Gasteiger partial charge in [-0.05, 0) is 68.9 Å². The van der Waals surface area contributed by atoms with Gasteiger partial charge in [0, 0.05) is 22.3 Å². The minimum absolute atomic E-state index is 0.541. The van der Waals surface area contributed by atoms with Crippen molar-refractivity contribution in [1.29, 1.82) is 0 Å². The third-order valence-corrected chi connectivity index (χ3v) is 6.81. The summed E-state index contributed by atoms with van der Waals surface area (Å²) in [5, 5.41) is 3.81. The molecule has 0 aromatic carbocycles. The Balaban J connectivity index is 1.60. The van der Waals surface area contributed by atoms with E-state index in [-0.39, 0.29) is 0 Å². The van der Waals surface area contributed by atoms with Gasteiger partial charge in [0.15, 0.2) is 0 Å². The van der Waals surface area contributed by atoms with E-state index in [4.69, 9.17) is 0 Å². The standard InChI is InChI=1S/C17H27NS/c1-3-17(9-6-10-17)12-18-13(2)16-11-14-7-4-5-8-15(14)19-16/h11,13,18H,3-10,12H2,1-2H3. The van der Waals surface area contributed by atoms with E-state index in [1.54, 1.807) is 15.3 Å². The van der Waals surface area contributed by atoms with Crippen molar-refractivity contribution >= 4 is 11.3 Å². The van der Waals surface area contributed by atoms with Crippen molar-refractivity contribution in [3.05, 3.63) is 21.4 Å². The molecule has 0 radical (unpaired) electrons. The summed E-state index contributed by atoms with van der Waals surface area (Å²) in [6.45, 7) is 5.92. The molecular weight excluding hydrogens is 250 g/mol.